The topological polar surface area (TPSA) is 73.7 Å². The number of anilines is 1. The Balaban J connectivity index is 1.38. The molecular formula is C25H37FN6O2. The summed E-state index contributed by atoms with van der Waals surface area (Å²) in [6.07, 6.45) is 7.94. The van der Waals surface area contributed by atoms with Crippen molar-refractivity contribution in [2.75, 3.05) is 58.3 Å². The minimum Gasteiger partial charge on any atom is -0.373 e. The first kappa shape index (κ1) is 24.6. The second kappa shape index (κ2) is 10.4. The van der Waals surface area contributed by atoms with Crippen molar-refractivity contribution in [3.05, 3.63) is 24.0 Å². The molecule has 2 aromatic heterocycles. The monoisotopic (exact) mass is 472 g/mol. The van der Waals surface area contributed by atoms with Crippen molar-refractivity contribution < 1.29 is 14.0 Å². The molecule has 4 rings (SSSR count). The summed E-state index contributed by atoms with van der Waals surface area (Å²) in [4.78, 5) is 33.2. The van der Waals surface area contributed by atoms with Crippen LogP contribution in [-0.4, -0.2) is 90.7 Å². The van der Waals surface area contributed by atoms with E-state index < -0.39 is 5.67 Å². The van der Waals surface area contributed by atoms with Gasteiger partial charge < -0.3 is 19.3 Å². The predicted octanol–water partition coefficient (Wildman–Crippen LogP) is 2.51. The number of piperidine rings is 2. The molecule has 0 spiro atoms. The number of hydrogen-bond donors (Lipinski definition) is 1. The number of halogens is 1. The maximum absolute atomic E-state index is 15.3. The number of imide groups is 1. The van der Waals surface area contributed by atoms with Crippen molar-refractivity contribution in [2.24, 2.45) is 0 Å². The van der Waals surface area contributed by atoms with E-state index in [4.69, 9.17) is 4.98 Å². The lowest BCUT2D eigenvalue weighted by molar-refractivity contribution is -0.125. The molecule has 0 unspecified atom stereocenters. The summed E-state index contributed by atoms with van der Waals surface area (Å²) in [5.41, 5.74) is 2.04. The average molecular weight is 473 g/mol. The van der Waals surface area contributed by atoms with Gasteiger partial charge in [0.15, 0.2) is 0 Å². The molecule has 0 aliphatic carbocycles. The second-order valence-electron chi connectivity index (χ2n) is 10.1. The summed E-state index contributed by atoms with van der Waals surface area (Å²) in [5.74, 6) is -0.293. The van der Waals surface area contributed by atoms with Gasteiger partial charge in [-0.05, 0) is 51.3 Å². The molecule has 186 valence electrons. The molecule has 9 heteroatoms. The molecule has 2 saturated heterocycles. The summed E-state index contributed by atoms with van der Waals surface area (Å²) in [6.45, 7) is 6.66. The lowest BCUT2D eigenvalue weighted by atomic mass is 9.92. The van der Waals surface area contributed by atoms with Gasteiger partial charge in [-0.15, -0.1) is 0 Å². The van der Waals surface area contributed by atoms with E-state index in [9.17, 15) is 9.59 Å². The van der Waals surface area contributed by atoms with Gasteiger partial charge in [-0.3, -0.25) is 14.9 Å². The molecule has 1 N–H and O–H groups in total. The van der Waals surface area contributed by atoms with Crippen LogP contribution in [0, 0.1) is 6.92 Å². The number of pyridine rings is 1. The van der Waals surface area contributed by atoms with Gasteiger partial charge >= 0.3 is 0 Å². The highest BCUT2D eigenvalue weighted by Crippen LogP contribution is 2.33. The van der Waals surface area contributed by atoms with E-state index >= 15 is 4.39 Å². The van der Waals surface area contributed by atoms with E-state index in [0.29, 0.717) is 38.4 Å². The van der Waals surface area contributed by atoms with E-state index in [1.54, 1.807) is 0 Å². The number of likely N-dealkylation sites (tertiary alicyclic amines) is 2. The molecule has 0 aromatic carbocycles. The normalized spacial score (nSPS) is 19.9. The third-order valence-corrected chi connectivity index (χ3v) is 7.53. The quantitative estimate of drug-likeness (QED) is 0.596. The van der Waals surface area contributed by atoms with Crippen molar-refractivity contribution in [2.45, 2.75) is 50.7 Å². The maximum atomic E-state index is 15.3. The fourth-order valence-electron chi connectivity index (χ4n) is 5.24. The number of amides is 2. The molecule has 2 aliphatic heterocycles. The van der Waals surface area contributed by atoms with Crippen LogP contribution in [-0.2, 0) is 9.59 Å². The lowest BCUT2D eigenvalue weighted by Gasteiger charge is -2.40. The zero-order chi connectivity index (χ0) is 24.3. The third kappa shape index (κ3) is 5.58. The van der Waals surface area contributed by atoms with Crippen molar-refractivity contribution in [1.29, 1.82) is 0 Å². The van der Waals surface area contributed by atoms with Crippen LogP contribution >= 0.6 is 0 Å². The number of aryl methyl sites for hydroxylation is 1. The molecule has 0 atom stereocenters. The van der Waals surface area contributed by atoms with Crippen molar-refractivity contribution in [3.8, 4) is 0 Å². The van der Waals surface area contributed by atoms with Crippen LogP contribution in [0.15, 0.2) is 18.5 Å². The Kier molecular flexibility index (Phi) is 7.52. The van der Waals surface area contributed by atoms with Gasteiger partial charge in [0.25, 0.3) is 0 Å². The Hall–Kier alpha value is -2.52. The number of carbonyl (C=O) groups is 2. The Labute approximate surface area is 201 Å². The number of carbonyl (C=O) groups excluding carboxylic acids is 2. The first-order valence-corrected chi connectivity index (χ1v) is 12.3. The Morgan fingerprint density at radius 1 is 1.29 bits per heavy atom. The SMILES string of the molecule is Cc1cn(C2CCN(CC3(F)CCN(C)CC3)CC2)c2ncc(N(C)CCC(=O)NC=O)cc12. The number of fused-ring (bicyclic) bond motifs is 1. The summed E-state index contributed by atoms with van der Waals surface area (Å²) < 4.78 is 17.6. The Bertz CT molecular complexity index is 1010. The lowest BCUT2D eigenvalue weighted by Crippen LogP contribution is -2.49. The molecule has 2 amide bonds. The highest BCUT2D eigenvalue weighted by atomic mass is 19.1. The molecule has 2 aromatic rings. The second-order valence-corrected chi connectivity index (χ2v) is 10.1. The molecule has 8 nitrogen and oxygen atoms in total. The number of alkyl halides is 1. The molecule has 2 aliphatic rings. The average Bonchev–Trinajstić information content (AvgIpc) is 3.16. The van der Waals surface area contributed by atoms with E-state index in [0.717, 1.165) is 55.7 Å². The van der Waals surface area contributed by atoms with E-state index in [2.05, 4.69) is 45.9 Å². The number of aromatic nitrogens is 2. The van der Waals surface area contributed by atoms with Crippen LogP contribution in [0.3, 0.4) is 0 Å². The molecule has 0 bridgehead atoms. The van der Waals surface area contributed by atoms with Crippen molar-refractivity contribution in [1.82, 2.24) is 24.7 Å². The van der Waals surface area contributed by atoms with Crippen LogP contribution in [0.2, 0.25) is 0 Å². The van der Waals surface area contributed by atoms with Crippen LogP contribution in [0.25, 0.3) is 11.0 Å². The maximum Gasteiger partial charge on any atom is 0.228 e. The van der Waals surface area contributed by atoms with Gasteiger partial charge in [0.05, 0.1) is 11.9 Å². The number of rotatable bonds is 8. The van der Waals surface area contributed by atoms with Crippen LogP contribution in [0.4, 0.5) is 10.1 Å². The van der Waals surface area contributed by atoms with Gasteiger partial charge in [0.1, 0.15) is 11.3 Å². The summed E-state index contributed by atoms with van der Waals surface area (Å²) >= 11 is 0. The highest BCUT2D eigenvalue weighted by molar-refractivity contribution is 5.86. The summed E-state index contributed by atoms with van der Waals surface area (Å²) in [7, 11) is 3.99. The predicted molar refractivity (Wildman–Crippen MR) is 132 cm³/mol. The minimum absolute atomic E-state index is 0.239. The van der Waals surface area contributed by atoms with Crippen LogP contribution in [0.5, 0.6) is 0 Å². The first-order chi connectivity index (χ1) is 16.3. The standard InChI is InChI=1S/C25H37FN6O2/c1-19-16-32(20-4-10-31(11-5-20)17-25(26)7-12-29(2)13-8-25)24-22(19)14-21(15-27-24)30(3)9-6-23(34)28-18-33/h14-16,18,20H,4-13,17H2,1-3H3,(H,28,33,34). The number of nitrogens with zero attached hydrogens (tertiary/aromatic N) is 5. The van der Waals surface area contributed by atoms with E-state index in [1.807, 2.05) is 18.1 Å². The van der Waals surface area contributed by atoms with E-state index in [-0.39, 0.29) is 12.3 Å². The Morgan fingerprint density at radius 3 is 2.68 bits per heavy atom. The fraction of sp³-hybridized carbons (Fsp3) is 0.640. The zero-order valence-electron chi connectivity index (χ0n) is 20.6. The van der Waals surface area contributed by atoms with Gasteiger partial charge in [0.2, 0.25) is 12.3 Å². The smallest absolute Gasteiger partial charge is 0.228 e. The Morgan fingerprint density at radius 2 is 2.00 bits per heavy atom. The largest absolute Gasteiger partial charge is 0.373 e. The fourth-order valence-corrected chi connectivity index (χ4v) is 5.24. The zero-order valence-corrected chi connectivity index (χ0v) is 20.6. The highest BCUT2D eigenvalue weighted by Gasteiger charge is 2.36. The molecule has 4 heterocycles. The molecular weight excluding hydrogens is 435 g/mol. The molecule has 2 fully saturated rings. The first-order valence-electron chi connectivity index (χ1n) is 12.3. The summed E-state index contributed by atoms with van der Waals surface area (Å²) in [5, 5.41) is 3.28. The van der Waals surface area contributed by atoms with Crippen molar-refractivity contribution >= 4 is 29.0 Å². The summed E-state index contributed by atoms with van der Waals surface area (Å²) in [6, 6.07) is 2.48. The van der Waals surface area contributed by atoms with Gasteiger partial charge in [0, 0.05) is 70.4 Å². The van der Waals surface area contributed by atoms with Crippen molar-refractivity contribution in [3.63, 3.8) is 0 Å². The van der Waals surface area contributed by atoms with Gasteiger partial charge in [-0.25, -0.2) is 9.37 Å². The molecule has 0 radical (unpaired) electrons. The molecule has 34 heavy (non-hydrogen) atoms. The van der Waals surface area contributed by atoms with Gasteiger partial charge in [-0.2, -0.15) is 0 Å². The van der Waals surface area contributed by atoms with E-state index in [1.165, 1.54) is 5.56 Å². The number of nitrogens with one attached hydrogen (secondary N) is 1. The van der Waals surface area contributed by atoms with Gasteiger partial charge in [-0.1, -0.05) is 0 Å². The molecule has 0 saturated carbocycles. The van der Waals surface area contributed by atoms with Crippen LogP contribution in [0.1, 0.15) is 43.7 Å². The number of hydrogen-bond acceptors (Lipinski definition) is 6. The third-order valence-electron chi connectivity index (χ3n) is 7.53. The van der Waals surface area contributed by atoms with Crippen LogP contribution < -0.4 is 10.2 Å². The minimum atomic E-state index is -1.05.